The van der Waals surface area contributed by atoms with E-state index in [2.05, 4.69) is 6.07 Å². The molecule has 0 N–H and O–H groups in total. The van der Waals surface area contributed by atoms with E-state index in [0.29, 0.717) is 6.42 Å². The van der Waals surface area contributed by atoms with Crippen LogP contribution in [-0.2, 0) is 19.0 Å². The maximum absolute atomic E-state index is 12.1. The van der Waals surface area contributed by atoms with Gasteiger partial charge in [0.25, 0.3) is 0 Å². The van der Waals surface area contributed by atoms with Gasteiger partial charge in [0.05, 0.1) is 18.2 Å². The van der Waals surface area contributed by atoms with E-state index < -0.39 is 29.4 Å². The Hall–Kier alpha value is -1.81. The molecule has 3 aliphatic rings. The number of hydrogen-bond donors (Lipinski definition) is 0. The van der Waals surface area contributed by atoms with Gasteiger partial charge in [0.1, 0.15) is 17.8 Å². The molecule has 0 aromatic carbocycles. The molecule has 7 nitrogen and oxygen atoms in total. The van der Waals surface area contributed by atoms with Crippen LogP contribution >= 0.6 is 0 Å². The molecule has 7 heteroatoms. The number of fused-ring (bicyclic) bond motifs is 5. The van der Waals surface area contributed by atoms with E-state index in [-0.39, 0.29) is 18.2 Å². The zero-order valence-corrected chi connectivity index (χ0v) is 12.5. The van der Waals surface area contributed by atoms with Crippen molar-refractivity contribution in [2.75, 3.05) is 0 Å². The van der Waals surface area contributed by atoms with Gasteiger partial charge in [-0.1, -0.05) is 0 Å². The molecule has 3 aliphatic heterocycles. The molecule has 114 valence electrons. The highest BCUT2D eigenvalue weighted by molar-refractivity contribution is 5.74. The van der Waals surface area contributed by atoms with Crippen LogP contribution in [0.3, 0.4) is 0 Å². The second-order valence-electron chi connectivity index (χ2n) is 6.76. The summed E-state index contributed by atoms with van der Waals surface area (Å²) >= 11 is 0. The Morgan fingerprint density at radius 2 is 2.05 bits per heavy atom. The first-order valence-electron chi connectivity index (χ1n) is 6.96. The number of nitriles is 1. The van der Waals surface area contributed by atoms with E-state index in [1.807, 2.05) is 0 Å². The summed E-state index contributed by atoms with van der Waals surface area (Å²) in [5, 5.41) is 9.39. The zero-order valence-electron chi connectivity index (χ0n) is 12.5. The molecule has 0 saturated carbocycles. The molecule has 2 bridgehead atoms. The SMILES string of the molecule is CC(=O)O[C@@]1(C#N)C[C@@H]2O[C@H]1[C@@H]1[C@@H]2N1C(=O)OC(C)(C)C. The number of hydrogen-bond acceptors (Lipinski definition) is 6. The van der Waals surface area contributed by atoms with Crippen LogP contribution < -0.4 is 0 Å². The third-order valence-electron chi connectivity index (χ3n) is 4.00. The fourth-order valence-electron chi connectivity index (χ4n) is 3.36. The number of carbonyl (C=O) groups excluding carboxylic acids is 2. The third kappa shape index (κ3) is 2.05. The van der Waals surface area contributed by atoms with Crippen LogP contribution in [-0.4, -0.2) is 52.5 Å². The first kappa shape index (κ1) is 14.1. The number of morpholine rings is 1. The first-order chi connectivity index (χ1) is 9.68. The molecule has 3 rings (SSSR count). The lowest BCUT2D eigenvalue weighted by Gasteiger charge is -2.26. The molecule has 21 heavy (non-hydrogen) atoms. The average Bonchev–Trinajstić information content (AvgIpc) is 2.85. The minimum Gasteiger partial charge on any atom is -0.444 e. The van der Waals surface area contributed by atoms with Crippen molar-refractivity contribution in [1.82, 2.24) is 4.90 Å². The van der Waals surface area contributed by atoms with E-state index >= 15 is 0 Å². The summed E-state index contributed by atoms with van der Waals surface area (Å²) in [7, 11) is 0. The number of carbonyl (C=O) groups is 2. The molecule has 0 aromatic rings. The second-order valence-corrected chi connectivity index (χ2v) is 6.76. The number of likely N-dealkylation sites (tertiary alicyclic amines) is 1. The van der Waals surface area contributed by atoms with Gasteiger partial charge in [-0.2, -0.15) is 5.26 Å². The number of amides is 1. The monoisotopic (exact) mass is 294 g/mol. The van der Waals surface area contributed by atoms with Gasteiger partial charge in [0, 0.05) is 13.3 Å². The Balaban J connectivity index is 1.75. The summed E-state index contributed by atoms with van der Waals surface area (Å²) in [6.07, 6.45) is -0.971. The minimum absolute atomic E-state index is 0.0677. The van der Waals surface area contributed by atoms with Crippen LogP contribution in [0.2, 0.25) is 0 Å². The van der Waals surface area contributed by atoms with Crippen molar-refractivity contribution in [2.45, 2.75) is 69.6 Å². The normalized spacial score (nSPS) is 39.5. The topological polar surface area (TPSA) is 88.6 Å². The highest BCUT2D eigenvalue weighted by Crippen LogP contribution is 2.56. The van der Waals surface area contributed by atoms with Crippen LogP contribution in [0.25, 0.3) is 0 Å². The van der Waals surface area contributed by atoms with Crippen molar-refractivity contribution in [3.63, 3.8) is 0 Å². The molecule has 1 amide bonds. The summed E-state index contributed by atoms with van der Waals surface area (Å²) in [5.74, 6) is -0.520. The molecule has 3 saturated heterocycles. The predicted octanol–water partition coefficient (Wildman–Crippen LogP) is 0.971. The lowest BCUT2D eigenvalue weighted by molar-refractivity contribution is -0.156. The van der Waals surface area contributed by atoms with Crippen molar-refractivity contribution in [2.24, 2.45) is 0 Å². The standard InChI is InChI=1S/C14H18N2O5/c1-7(17)20-14(6-15)5-8-9-10(11(14)19-8)16(9)12(18)21-13(2,3)4/h8-11H,5H2,1-4H3/t8-,9+,10-,11-,14+,16?/m0/s1. The molecule has 0 aromatic heterocycles. The van der Waals surface area contributed by atoms with Crippen molar-refractivity contribution in [3.8, 4) is 6.07 Å². The maximum Gasteiger partial charge on any atom is 0.411 e. The fourth-order valence-corrected chi connectivity index (χ4v) is 3.36. The molecule has 3 heterocycles. The summed E-state index contributed by atoms with van der Waals surface area (Å²) in [6.45, 7) is 6.66. The van der Waals surface area contributed by atoms with Gasteiger partial charge in [0.2, 0.25) is 5.60 Å². The summed E-state index contributed by atoms with van der Waals surface area (Å²) in [6, 6.07) is 1.75. The molecular formula is C14H18N2O5. The highest BCUT2D eigenvalue weighted by atomic mass is 16.6. The van der Waals surface area contributed by atoms with Gasteiger partial charge in [-0.25, -0.2) is 4.79 Å². The van der Waals surface area contributed by atoms with Crippen LogP contribution in [0.4, 0.5) is 4.79 Å². The van der Waals surface area contributed by atoms with Crippen LogP contribution in [0.5, 0.6) is 0 Å². The number of rotatable bonds is 1. The fraction of sp³-hybridized carbons (Fsp3) is 0.786. The summed E-state index contributed by atoms with van der Waals surface area (Å²) in [5.41, 5.74) is -1.86. The lowest BCUT2D eigenvalue weighted by atomic mass is 9.86. The molecule has 0 unspecified atom stereocenters. The van der Waals surface area contributed by atoms with Gasteiger partial charge in [-0.05, 0) is 20.8 Å². The van der Waals surface area contributed by atoms with Crippen molar-refractivity contribution in [1.29, 1.82) is 5.26 Å². The first-order valence-corrected chi connectivity index (χ1v) is 6.96. The maximum atomic E-state index is 12.1. The predicted molar refractivity (Wildman–Crippen MR) is 69.0 cm³/mol. The van der Waals surface area contributed by atoms with Crippen molar-refractivity contribution in [3.05, 3.63) is 0 Å². The Bertz CT molecular complexity index is 549. The average molecular weight is 294 g/mol. The van der Waals surface area contributed by atoms with Crippen LogP contribution in [0.1, 0.15) is 34.1 Å². The van der Waals surface area contributed by atoms with Gasteiger partial charge >= 0.3 is 12.1 Å². The second kappa shape index (κ2) is 4.10. The Kier molecular flexibility index (Phi) is 2.76. The van der Waals surface area contributed by atoms with Gasteiger partial charge in [0.15, 0.2) is 0 Å². The number of nitrogens with zero attached hydrogens (tertiary/aromatic N) is 2. The van der Waals surface area contributed by atoms with Crippen LogP contribution in [0, 0.1) is 11.3 Å². The smallest absolute Gasteiger partial charge is 0.411 e. The number of ether oxygens (including phenoxy) is 3. The Morgan fingerprint density at radius 1 is 1.38 bits per heavy atom. The van der Waals surface area contributed by atoms with Crippen molar-refractivity contribution >= 4 is 12.1 Å². The molecular weight excluding hydrogens is 276 g/mol. The largest absolute Gasteiger partial charge is 0.444 e. The van der Waals surface area contributed by atoms with Crippen LogP contribution in [0.15, 0.2) is 0 Å². The van der Waals surface area contributed by atoms with Gasteiger partial charge in [-0.15, -0.1) is 0 Å². The Morgan fingerprint density at radius 3 is 2.57 bits per heavy atom. The number of esters is 1. The lowest BCUT2D eigenvalue weighted by Crippen LogP contribution is -2.46. The van der Waals surface area contributed by atoms with Crippen molar-refractivity contribution < 1.29 is 23.8 Å². The molecule has 0 spiro atoms. The van der Waals surface area contributed by atoms with E-state index in [1.54, 1.807) is 25.7 Å². The van der Waals surface area contributed by atoms with E-state index in [4.69, 9.17) is 14.2 Å². The van der Waals surface area contributed by atoms with E-state index in [0.717, 1.165) is 0 Å². The summed E-state index contributed by atoms with van der Waals surface area (Å²) in [4.78, 5) is 25.0. The minimum atomic E-state index is -1.28. The summed E-state index contributed by atoms with van der Waals surface area (Å²) < 4.78 is 16.3. The van der Waals surface area contributed by atoms with Gasteiger partial charge < -0.3 is 14.2 Å². The zero-order chi connectivity index (χ0) is 15.6. The Labute approximate surface area is 122 Å². The van der Waals surface area contributed by atoms with Gasteiger partial charge in [-0.3, -0.25) is 9.69 Å². The third-order valence-corrected chi connectivity index (χ3v) is 4.00. The highest BCUT2D eigenvalue weighted by Gasteiger charge is 2.77. The van der Waals surface area contributed by atoms with E-state index in [9.17, 15) is 14.9 Å². The van der Waals surface area contributed by atoms with E-state index in [1.165, 1.54) is 6.92 Å². The molecule has 0 aliphatic carbocycles. The molecule has 5 atom stereocenters. The quantitative estimate of drug-likeness (QED) is 0.529. The molecule has 3 fully saturated rings. The molecule has 0 radical (unpaired) electrons.